The van der Waals surface area contributed by atoms with Gasteiger partial charge >= 0.3 is 0 Å². The highest BCUT2D eigenvalue weighted by atomic mass is 16.5. The Morgan fingerprint density at radius 3 is 2.50 bits per heavy atom. The Morgan fingerprint density at radius 2 is 2.17 bits per heavy atom. The Morgan fingerprint density at radius 1 is 1.58 bits per heavy atom. The predicted molar refractivity (Wildman–Crippen MR) is 45.7 cm³/mol. The maximum absolute atomic E-state index is 10.7. The van der Waals surface area contributed by atoms with Crippen LogP contribution < -0.4 is 5.73 Å². The van der Waals surface area contributed by atoms with Crippen LogP contribution in [0.2, 0.25) is 0 Å². The normalized spacial score (nSPS) is 15.6. The fourth-order valence-corrected chi connectivity index (χ4v) is 0.919. The van der Waals surface area contributed by atoms with Gasteiger partial charge in [-0.05, 0) is 13.3 Å². The van der Waals surface area contributed by atoms with E-state index in [0.717, 1.165) is 0 Å². The fourth-order valence-electron chi connectivity index (χ4n) is 0.919. The van der Waals surface area contributed by atoms with E-state index in [2.05, 4.69) is 0 Å². The van der Waals surface area contributed by atoms with E-state index in [9.17, 15) is 4.79 Å². The zero-order valence-electron chi connectivity index (χ0n) is 7.87. The van der Waals surface area contributed by atoms with Crippen LogP contribution in [0.15, 0.2) is 0 Å². The van der Waals surface area contributed by atoms with Crippen molar-refractivity contribution < 1.29 is 14.3 Å². The van der Waals surface area contributed by atoms with Gasteiger partial charge in [0.1, 0.15) is 6.10 Å². The lowest BCUT2D eigenvalue weighted by atomic mass is 10.2. The van der Waals surface area contributed by atoms with Gasteiger partial charge in [-0.1, -0.05) is 6.92 Å². The zero-order valence-corrected chi connectivity index (χ0v) is 7.87. The molecular weight excluding hydrogens is 158 g/mol. The van der Waals surface area contributed by atoms with E-state index in [1.54, 1.807) is 7.11 Å². The molecule has 12 heavy (non-hydrogen) atoms. The Labute approximate surface area is 73.0 Å². The van der Waals surface area contributed by atoms with Gasteiger partial charge in [-0.3, -0.25) is 4.79 Å². The minimum Gasteiger partial charge on any atom is -0.382 e. The summed E-state index contributed by atoms with van der Waals surface area (Å²) in [7, 11) is 1.59. The van der Waals surface area contributed by atoms with Gasteiger partial charge in [0.25, 0.3) is 0 Å². The molecule has 0 aliphatic rings. The molecule has 4 nitrogen and oxygen atoms in total. The molecule has 1 amide bonds. The van der Waals surface area contributed by atoms with Crippen molar-refractivity contribution in [2.75, 3.05) is 13.7 Å². The van der Waals surface area contributed by atoms with Crippen molar-refractivity contribution in [3.63, 3.8) is 0 Å². The van der Waals surface area contributed by atoms with E-state index in [0.29, 0.717) is 13.0 Å². The van der Waals surface area contributed by atoms with E-state index in [1.807, 2.05) is 13.8 Å². The summed E-state index contributed by atoms with van der Waals surface area (Å²) >= 11 is 0. The lowest BCUT2D eigenvalue weighted by molar-refractivity contribution is -0.134. The Bertz CT molecular complexity index is 138. The average Bonchev–Trinajstić information content (AvgIpc) is 2.00. The lowest BCUT2D eigenvalue weighted by Crippen LogP contribution is -2.34. The molecule has 0 bridgehead atoms. The van der Waals surface area contributed by atoms with E-state index in [4.69, 9.17) is 15.2 Å². The summed E-state index contributed by atoms with van der Waals surface area (Å²) in [5.41, 5.74) is 5.09. The van der Waals surface area contributed by atoms with E-state index < -0.39 is 12.0 Å². The first-order valence-corrected chi connectivity index (χ1v) is 4.05. The molecule has 0 saturated heterocycles. The van der Waals surface area contributed by atoms with Crippen molar-refractivity contribution in [1.82, 2.24) is 0 Å². The molecule has 0 aromatic carbocycles. The molecule has 0 aromatic heterocycles. The maximum atomic E-state index is 10.7. The monoisotopic (exact) mass is 175 g/mol. The van der Waals surface area contributed by atoms with E-state index in [-0.39, 0.29) is 6.10 Å². The first-order chi connectivity index (χ1) is 5.61. The number of ether oxygens (including phenoxy) is 2. The number of carbonyl (C=O) groups excluding carboxylic acids is 1. The molecule has 0 radical (unpaired) electrons. The average molecular weight is 175 g/mol. The van der Waals surface area contributed by atoms with Gasteiger partial charge < -0.3 is 15.2 Å². The molecule has 2 atom stereocenters. The highest BCUT2D eigenvalue weighted by Gasteiger charge is 2.16. The van der Waals surface area contributed by atoms with Crippen molar-refractivity contribution in [3.05, 3.63) is 0 Å². The van der Waals surface area contributed by atoms with Gasteiger partial charge in [-0.15, -0.1) is 0 Å². The molecule has 0 aliphatic heterocycles. The molecule has 0 fully saturated rings. The molecule has 4 heteroatoms. The van der Waals surface area contributed by atoms with Crippen molar-refractivity contribution in [2.45, 2.75) is 32.5 Å². The second-order valence-electron chi connectivity index (χ2n) is 2.70. The molecule has 0 heterocycles. The summed E-state index contributed by atoms with van der Waals surface area (Å²) < 4.78 is 10.2. The van der Waals surface area contributed by atoms with Gasteiger partial charge in [0.2, 0.25) is 5.91 Å². The molecule has 2 unspecified atom stereocenters. The van der Waals surface area contributed by atoms with Crippen molar-refractivity contribution in [2.24, 2.45) is 5.73 Å². The molecule has 0 rings (SSSR count). The number of methoxy groups -OCH3 is 1. The van der Waals surface area contributed by atoms with Crippen LogP contribution in [0, 0.1) is 0 Å². The van der Waals surface area contributed by atoms with Crippen LogP contribution in [0.25, 0.3) is 0 Å². The molecule has 0 aromatic rings. The van der Waals surface area contributed by atoms with Crippen LogP contribution >= 0.6 is 0 Å². The number of hydrogen-bond donors (Lipinski definition) is 1. The number of amides is 1. The Kier molecular flexibility index (Phi) is 5.66. The summed E-state index contributed by atoms with van der Waals surface area (Å²) in [6, 6.07) is 0. The highest BCUT2D eigenvalue weighted by molar-refractivity contribution is 5.78. The Hall–Kier alpha value is -0.610. The van der Waals surface area contributed by atoms with Gasteiger partial charge in [0, 0.05) is 7.11 Å². The number of nitrogens with two attached hydrogens (primary N) is 1. The SMILES string of the molecule is CCC(OC(C)COC)C(N)=O. The summed E-state index contributed by atoms with van der Waals surface area (Å²) in [5.74, 6) is -0.416. The summed E-state index contributed by atoms with van der Waals surface area (Å²) in [6.07, 6.45) is 0.0197. The number of primary amides is 1. The first-order valence-electron chi connectivity index (χ1n) is 4.05. The second-order valence-corrected chi connectivity index (χ2v) is 2.70. The van der Waals surface area contributed by atoms with Crippen LogP contribution in [-0.2, 0) is 14.3 Å². The molecule has 0 spiro atoms. The van der Waals surface area contributed by atoms with Gasteiger partial charge in [0.05, 0.1) is 12.7 Å². The minimum absolute atomic E-state index is 0.0903. The third-order valence-electron chi connectivity index (χ3n) is 1.49. The quantitative estimate of drug-likeness (QED) is 0.631. The van der Waals surface area contributed by atoms with Crippen molar-refractivity contribution >= 4 is 5.91 Å². The Balaban J connectivity index is 3.77. The van der Waals surface area contributed by atoms with Gasteiger partial charge in [-0.25, -0.2) is 0 Å². The largest absolute Gasteiger partial charge is 0.382 e. The minimum atomic E-state index is -0.491. The summed E-state index contributed by atoms with van der Waals surface area (Å²) in [5, 5.41) is 0. The third kappa shape index (κ3) is 4.31. The third-order valence-corrected chi connectivity index (χ3v) is 1.49. The summed E-state index contributed by atoms with van der Waals surface area (Å²) in [4.78, 5) is 10.7. The fraction of sp³-hybridized carbons (Fsp3) is 0.875. The van der Waals surface area contributed by atoms with Crippen LogP contribution in [0.5, 0.6) is 0 Å². The smallest absolute Gasteiger partial charge is 0.246 e. The van der Waals surface area contributed by atoms with Crippen molar-refractivity contribution in [3.8, 4) is 0 Å². The van der Waals surface area contributed by atoms with Gasteiger partial charge in [-0.2, -0.15) is 0 Å². The number of hydrogen-bond acceptors (Lipinski definition) is 3. The van der Waals surface area contributed by atoms with E-state index >= 15 is 0 Å². The molecule has 72 valence electrons. The molecule has 0 aliphatic carbocycles. The molecule has 0 saturated carbocycles. The lowest BCUT2D eigenvalue weighted by Gasteiger charge is -2.17. The van der Waals surface area contributed by atoms with Crippen LogP contribution in [-0.4, -0.2) is 31.8 Å². The number of carbonyl (C=O) groups is 1. The predicted octanol–water partition coefficient (Wildman–Crippen LogP) is 0.302. The van der Waals surface area contributed by atoms with Gasteiger partial charge in [0.15, 0.2) is 0 Å². The highest BCUT2D eigenvalue weighted by Crippen LogP contribution is 2.02. The van der Waals surface area contributed by atoms with Crippen LogP contribution in [0.1, 0.15) is 20.3 Å². The van der Waals surface area contributed by atoms with Crippen LogP contribution in [0.4, 0.5) is 0 Å². The second kappa shape index (κ2) is 5.97. The van der Waals surface area contributed by atoms with E-state index in [1.165, 1.54) is 0 Å². The zero-order chi connectivity index (χ0) is 9.56. The standard InChI is InChI=1S/C8H17NO3/c1-4-7(8(9)10)12-6(2)5-11-3/h6-7H,4-5H2,1-3H3,(H2,9,10). The van der Waals surface area contributed by atoms with Crippen LogP contribution in [0.3, 0.4) is 0 Å². The maximum Gasteiger partial charge on any atom is 0.246 e. The molecule has 2 N–H and O–H groups in total. The van der Waals surface area contributed by atoms with Crippen molar-refractivity contribution in [1.29, 1.82) is 0 Å². The summed E-state index contributed by atoms with van der Waals surface area (Å²) in [6.45, 7) is 4.17. The molecular formula is C8H17NO3. The topological polar surface area (TPSA) is 61.6 Å². The first kappa shape index (κ1) is 11.4. The number of rotatable bonds is 6.